The number of benzene rings is 2. The average Bonchev–Trinajstić information content (AvgIpc) is 3.31. The van der Waals surface area contributed by atoms with E-state index in [1.165, 1.54) is 0 Å². The summed E-state index contributed by atoms with van der Waals surface area (Å²) in [5, 5.41) is 6.48. The molecule has 1 unspecified atom stereocenters. The number of nitrogens with zero attached hydrogens (tertiary/aromatic N) is 1. The van der Waals surface area contributed by atoms with Gasteiger partial charge in [-0.1, -0.05) is 48.0 Å². The van der Waals surface area contributed by atoms with Gasteiger partial charge >= 0.3 is 0 Å². The molecule has 2 aliphatic rings. The van der Waals surface area contributed by atoms with Crippen molar-refractivity contribution in [1.82, 2.24) is 15.5 Å². The van der Waals surface area contributed by atoms with Crippen LogP contribution in [0.4, 0.5) is 0 Å². The second kappa shape index (κ2) is 9.42. The number of likely N-dealkylation sites (tertiary alicyclic amines) is 1. The second-order valence-corrected chi connectivity index (χ2v) is 7.98. The molecule has 2 aliphatic heterocycles. The van der Waals surface area contributed by atoms with Crippen molar-refractivity contribution in [2.45, 2.75) is 19.4 Å². The number of hydrogen-bond donors (Lipinski definition) is 2. The lowest BCUT2D eigenvalue weighted by Gasteiger charge is -2.23. The van der Waals surface area contributed by atoms with E-state index in [-0.39, 0.29) is 36.7 Å². The van der Waals surface area contributed by atoms with Crippen molar-refractivity contribution in [1.29, 1.82) is 0 Å². The van der Waals surface area contributed by atoms with Crippen LogP contribution in [0.2, 0.25) is 0 Å². The van der Waals surface area contributed by atoms with Gasteiger partial charge in [-0.3, -0.25) is 9.59 Å². The summed E-state index contributed by atoms with van der Waals surface area (Å²) in [6, 6.07) is 16.9. The molecule has 6 heteroatoms. The summed E-state index contributed by atoms with van der Waals surface area (Å²) >= 11 is 0. The summed E-state index contributed by atoms with van der Waals surface area (Å²) in [4.78, 5) is 27.7. The zero-order chi connectivity index (χ0) is 19.5. The molecule has 0 spiro atoms. The van der Waals surface area contributed by atoms with Crippen molar-refractivity contribution < 1.29 is 9.59 Å². The number of fused-ring (bicyclic) bond motifs is 1. The van der Waals surface area contributed by atoms with Crippen molar-refractivity contribution in [2.24, 2.45) is 11.8 Å². The monoisotopic (exact) mass is 413 g/mol. The summed E-state index contributed by atoms with van der Waals surface area (Å²) in [5.74, 6) is 1.11. The van der Waals surface area contributed by atoms with E-state index < -0.39 is 0 Å². The number of carbonyl (C=O) groups is 2. The van der Waals surface area contributed by atoms with E-state index in [2.05, 4.69) is 10.6 Å². The molecule has 3 atom stereocenters. The lowest BCUT2D eigenvalue weighted by atomic mass is 10.0. The number of hydrogen-bond acceptors (Lipinski definition) is 3. The van der Waals surface area contributed by atoms with Gasteiger partial charge in [-0.25, -0.2) is 0 Å². The van der Waals surface area contributed by atoms with Crippen LogP contribution in [0.25, 0.3) is 0 Å². The maximum absolute atomic E-state index is 13.0. The molecule has 0 saturated carbocycles. The molecule has 2 heterocycles. The highest BCUT2D eigenvalue weighted by Gasteiger charge is 2.38. The highest BCUT2D eigenvalue weighted by molar-refractivity contribution is 5.94. The van der Waals surface area contributed by atoms with Gasteiger partial charge in [-0.05, 0) is 36.5 Å². The van der Waals surface area contributed by atoms with Crippen LogP contribution in [0, 0.1) is 18.8 Å². The first-order valence-corrected chi connectivity index (χ1v) is 10.0. The van der Waals surface area contributed by atoms with Crippen molar-refractivity contribution in [3.8, 4) is 0 Å². The molecular formula is C23H28ClN3O2. The van der Waals surface area contributed by atoms with Gasteiger partial charge in [0.05, 0.1) is 12.5 Å². The fraction of sp³-hybridized carbons (Fsp3) is 0.391. The predicted molar refractivity (Wildman–Crippen MR) is 116 cm³/mol. The third-order valence-corrected chi connectivity index (χ3v) is 5.94. The van der Waals surface area contributed by atoms with Gasteiger partial charge in [-0.2, -0.15) is 0 Å². The van der Waals surface area contributed by atoms with Crippen LogP contribution in [0.3, 0.4) is 0 Å². The Hall–Kier alpha value is -2.37. The Bertz CT molecular complexity index is 829. The molecule has 2 N–H and O–H groups in total. The van der Waals surface area contributed by atoms with Crippen LogP contribution in [0.1, 0.15) is 33.9 Å². The van der Waals surface area contributed by atoms with Crippen LogP contribution < -0.4 is 10.6 Å². The molecule has 0 bridgehead atoms. The normalized spacial score (nSPS) is 21.2. The van der Waals surface area contributed by atoms with E-state index in [1.54, 1.807) is 0 Å². The summed E-state index contributed by atoms with van der Waals surface area (Å²) < 4.78 is 0. The van der Waals surface area contributed by atoms with Crippen LogP contribution in [-0.4, -0.2) is 42.9 Å². The average molecular weight is 414 g/mol. The highest BCUT2D eigenvalue weighted by Crippen LogP contribution is 2.28. The van der Waals surface area contributed by atoms with Gasteiger partial charge in [0.25, 0.3) is 5.91 Å². The Morgan fingerprint density at radius 3 is 2.28 bits per heavy atom. The van der Waals surface area contributed by atoms with Crippen LogP contribution in [0.5, 0.6) is 0 Å². The first-order chi connectivity index (χ1) is 13.6. The van der Waals surface area contributed by atoms with Crippen LogP contribution in [-0.2, 0) is 4.79 Å². The third-order valence-electron chi connectivity index (χ3n) is 5.94. The summed E-state index contributed by atoms with van der Waals surface area (Å²) in [7, 11) is 0. The lowest BCUT2D eigenvalue weighted by molar-refractivity contribution is -0.131. The number of amides is 2. The quantitative estimate of drug-likeness (QED) is 0.792. The van der Waals surface area contributed by atoms with E-state index in [9.17, 15) is 9.59 Å². The Morgan fingerprint density at radius 2 is 1.66 bits per heavy atom. The molecule has 2 aromatic rings. The smallest absolute Gasteiger partial charge is 0.251 e. The molecule has 0 aliphatic carbocycles. The van der Waals surface area contributed by atoms with Crippen molar-refractivity contribution in [2.75, 3.05) is 26.2 Å². The molecule has 2 fully saturated rings. The number of carbonyl (C=O) groups excluding carboxylic acids is 2. The minimum atomic E-state index is -0.332. The van der Waals surface area contributed by atoms with Crippen molar-refractivity contribution in [3.05, 3.63) is 71.3 Å². The largest absolute Gasteiger partial charge is 0.345 e. The summed E-state index contributed by atoms with van der Waals surface area (Å²) in [5.41, 5.74) is 2.68. The SMILES string of the molecule is Cc1ccc(C(=O)NC(CC(=O)N2C[C@H]3CNC[C@H]3C2)c2ccccc2)cc1.Cl. The molecule has 0 radical (unpaired) electrons. The molecule has 4 rings (SSSR count). The Labute approximate surface area is 178 Å². The Kier molecular flexibility index (Phi) is 6.93. The molecule has 154 valence electrons. The second-order valence-electron chi connectivity index (χ2n) is 7.98. The maximum atomic E-state index is 13.0. The van der Waals surface area contributed by atoms with Crippen molar-refractivity contribution in [3.63, 3.8) is 0 Å². The standard InChI is InChI=1S/C23H27N3O2.ClH/c1-16-7-9-18(10-8-16)23(28)25-21(17-5-3-2-4-6-17)11-22(27)26-14-19-12-24-13-20(19)15-26;/h2-10,19-21,24H,11-15H2,1H3,(H,25,28);1H/t19-,20+,21?;. The van der Waals surface area contributed by atoms with Crippen LogP contribution in [0.15, 0.2) is 54.6 Å². The van der Waals surface area contributed by atoms with Gasteiger partial charge < -0.3 is 15.5 Å². The number of halogens is 1. The van der Waals surface area contributed by atoms with Gasteiger partial charge in [0, 0.05) is 31.7 Å². The summed E-state index contributed by atoms with van der Waals surface area (Å²) in [6.07, 6.45) is 0.286. The van der Waals surface area contributed by atoms with E-state index in [0.717, 1.165) is 37.3 Å². The van der Waals surface area contributed by atoms with Gasteiger partial charge in [0.15, 0.2) is 0 Å². The topological polar surface area (TPSA) is 61.4 Å². The zero-order valence-corrected chi connectivity index (χ0v) is 17.5. The highest BCUT2D eigenvalue weighted by atomic mass is 35.5. The molecule has 29 heavy (non-hydrogen) atoms. The minimum Gasteiger partial charge on any atom is -0.345 e. The number of nitrogens with one attached hydrogen (secondary N) is 2. The predicted octanol–water partition coefficient (Wildman–Crippen LogP) is 2.96. The zero-order valence-electron chi connectivity index (χ0n) is 16.6. The molecule has 2 aromatic carbocycles. The molecule has 0 aromatic heterocycles. The lowest BCUT2D eigenvalue weighted by Crippen LogP contribution is -2.36. The molecular weight excluding hydrogens is 386 g/mol. The van der Waals surface area contributed by atoms with Crippen molar-refractivity contribution >= 4 is 24.2 Å². The maximum Gasteiger partial charge on any atom is 0.251 e. The number of rotatable bonds is 5. The molecule has 5 nitrogen and oxygen atoms in total. The third kappa shape index (κ3) is 4.98. The van der Waals surface area contributed by atoms with Crippen LogP contribution >= 0.6 is 12.4 Å². The van der Waals surface area contributed by atoms with E-state index >= 15 is 0 Å². The minimum absolute atomic E-state index is 0. The fourth-order valence-electron chi connectivity index (χ4n) is 4.25. The molecule has 2 saturated heterocycles. The first kappa shape index (κ1) is 21.3. The van der Waals surface area contributed by atoms with E-state index in [1.807, 2.05) is 66.4 Å². The van der Waals surface area contributed by atoms with Gasteiger partial charge in [0.2, 0.25) is 5.91 Å². The first-order valence-electron chi connectivity index (χ1n) is 10.0. The Morgan fingerprint density at radius 1 is 1.03 bits per heavy atom. The van der Waals surface area contributed by atoms with E-state index in [0.29, 0.717) is 17.4 Å². The number of aryl methyl sites for hydroxylation is 1. The summed E-state index contributed by atoms with van der Waals surface area (Å²) in [6.45, 7) is 5.64. The Balaban J connectivity index is 0.00000240. The fourth-order valence-corrected chi connectivity index (χ4v) is 4.25. The van der Waals surface area contributed by atoms with Gasteiger partial charge in [-0.15, -0.1) is 12.4 Å². The molecule has 2 amide bonds. The van der Waals surface area contributed by atoms with Gasteiger partial charge in [0.1, 0.15) is 0 Å². The van der Waals surface area contributed by atoms with E-state index in [4.69, 9.17) is 0 Å².